The summed E-state index contributed by atoms with van der Waals surface area (Å²) in [4.78, 5) is 48.9. The van der Waals surface area contributed by atoms with Gasteiger partial charge >= 0.3 is 11.8 Å². The van der Waals surface area contributed by atoms with Crippen molar-refractivity contribution in [1.82, 2.24) is 29.5 Å². The molecule has 2 atom stereocenters. The predicted octanol–water partition coefficient (Wildman–Crippen LogP) is 5.86. The minimum absolute atomic E-state index is 0.0181. The number of halogens is 2. The molecule has 3 aromatic rings. The van der Waals surface area contributed by atoms with Crippen molar-refractivity contribution in [1.29, 1.82) is 0 Å². The van der Waals surface area contributed by atoms with Gasteiger partial charge in [0, 0.05) is 38.0 Å². The van der Waals surface area contributed by atoms with E-state index >= 15 is 0 Å². The summed E-state index contributed by atoms with van der Waals surface area (Å²) in [6.07, 6.45) is 5.81. The van der Waals surface area contributed by atoms with Crippen molar-refractivity contribution >= 4 is 35.6 Å². The van der Waals surface area contributed by atoms with Crippen molar-refractivity contribution in [2.45, 2.75) is 63.3 Å². The second-order valence-corrected chi connectivity index (χ2v) is 13.8. The van der Waals surface area contributed by atoms with Crippen molar-refractivity contribution < 1.29 is 14.3 Å². The molecule has 0 radical (unpaired) electrons. The summed E-state index contributed by atoms with van der Waals surface area (Å²) in [5.74, 6) is 1.81. The quantitative estimate of drug-likeness (QED) is 0.300. The van der Waals surface area contributed by atoms with Crippen LogP contribution in [0.4, 0.5) is 4.79 Å². The standard InChI is InChI=1S/C34H42Cl2N6O4/c1-39-15-9-25(10-16-39)26-11-17-40(18-12-26)34(14-20-43)22-28(42-32(44)37-31(38-42)27-5-3-2-4-6-27)13-19-41(34)33(45)46-23-24-7-8-29(35)30(36)21-24/h2-8,20-21,25-26,28H,9-19,22-23H2,1H3,(H,37,38,44)/t28-,34+/m1/s1. The molecular weight excluding hydrogens is 627 g/mol. The zero-order valence-corrected chi connectivity index (χ0v) is 27.8. The van der Waals surface area contributed by atoms with Gasteiger partial charge in [-0.2, -0.15) is 0 Å². The number of aldehydes is 1. The summed E-state index contributed by atoms with van der Waals surface area (Å²) in [5, 5.41) is 5.51. The number of ether oxygens (including phenoxy) is 1. The number of amides is 1. The molecule has 246 valence electrons. The number of nitrogens with zero attached hydrogens (tertiary/aromatic N) is 5. The number of piperidine rings is 3. The summed E-state index contributed by atoms with van der Waals surface area (Å²) in [7, 11) is 2.18. The fraction of sp³-hybridized carbons (Fsp3) is 0.529. The SMILES string of the molecule is CN1CCC(C2CCN([C@]3(CC=O)C[C@H](n4nc(-c5ccccc5)[nH]c4=O)CCN3C(=O)OCc3ccc(Cl)c(Cl)c3)CC2)CC1. The van der Waals surface area contributed by atoms with Gasteiger partial charge in [0.1, 0.15) is 18.6 Å². The number of hydrogen-bond donors (Lipinski definition) is 1. The van der Waals surface area contributed by atoms with Gasteiger partial charge in [0.15, 0.2) is 5.82 Å². The second kappa shape index (κ2) is 14.3. The van der Waals surface area contributed by atoms with E-state index in [1.165, 1.54) is 17.5 Å². The number of hydrogen-bond acceptors (Lipinski definition) is 7. The maximum atomic E-state index is 13.9. The average Bonchev–Trinajstić information content (AvgIpc) is 3.47. The fourth-order valence-corrected chi connectivity index (χ4v) is 8.07. The Labute approximate surface area is 279 Å². The molecule has 10 nitrogen and oxygen atoms in total. The van der Waals surface area contributed by atoms with Gasteiger partial charge < -0.3 is 14.4 Å². The van der Waals surface area contributed by atoms with E-state index in [0.29, 0.717) is 52.7 Å². The van der Waals surface area contributed by atoms with Crippen molar-refractivity contribution in [3.63, 3.8) is 0 Å². The van der Waals surface area contributed by atoms with Gasteiger partial charge in [0.05, 0.1) is 16.1 Å². The lowest BCUT2D eigenvalue weighted by molar-refractivity contribution is -0.128. The molecule has 3 aliphatic rings. The first-order valence-corrected chi connectivity index (χ1v) is 17.0. The summed E-state index contributed by atoms with van der Waals surface area (Å²) < 4.78 is 7.36. The Kier molecular flexibility index (Phi) is 10.2. The highest BCUT2D eigenvalue weighted by Crippen LogP contribution is 2.43. The maximum Gasteiger partial charge on any atom is 0.411 e. The smallest absolute Gasteiger partial charge is 0.411 e. The normalized spacial score (nSPS) is 23.8. The molecule has 6 rings (SSSR count). The van der Waals surface area contributed by atoms with Gasteiger partial charge in [-0.05, 0) is 81.8 Å². The van der Waals surface area contributed by atoms with Crippen LogP contribution in [-0.2, 0) is 16.1 Å². The highest BCUT2D eigenvalue weighted by molar-refractivity contribution is 6.42. The number of benzene rings is 2. The fourth-order valence-electron chi connectivity index (χ4n) is 7.75. The van der Waals surface area contributed by atoms with E-state index in [1.54, 1.807) is 23.1 Å². The maximum absolute atomic E-state index is 13.9. The van der Waals surface area contributed by atoms with Crippen LogP contribution in [0.15, 0.2) is 53.3 Å². The summed E-state index contributed by atoms with van der Waals surface area (Å²) in [6.45, 7) is 4.11. The first-order chi connectivity index (χ1) is 22.3. The Bertz CT molecular complexity index is 1570. The Hall–Kier alpha value is -3.18. The second-order valence-electron chi connectivity index (χ2n) is 13.0. The van der Waals surface area contributed by atoms with Gasteiger partial charge in [-0.15, -0.1) is 5.10 Å². The third-order valence-corrected chi connectivity index (χ3v) is 11.1. The largest absolute Gasteiger partial charge is 0.444 e. The number of carbonyl (C=O) groups is 2. The van der Waals surface area contributed by atoms with E-state index in [2.05, 4.69) is 21.8 Å². The van der Waals surface area contributed by atoms with Crippen molar-refractivity contribution in [3.05, 3.63) is 74.6 Å². The van der Waals surface area contributed by atoms with Gasteiger partial charge in [-0.1, -0.05) is 59.6 Å². The van der Waals surface area contributed by atoms with Crippen LogP contribution in [0, 0.1) is 11.8 Å². The highest BCUT2D eigenvalue weighted by Gasteiger charge is 2.51. The molecule has 4 heterocycles. The zero-order chi connectivity index (χ0) is 32.3. The van der Waals surface area contributed by atoms with Gasteiger partial charge in [0.2, 0.25) is 0 Å². The van der Waals surface area contributed by atoms with Crippen LogP contribution in [0.5, 0.6) is 0 Å². The Morgan fingerprint density at radius 1 is 0.978 bits per heavy atom. The number of aromatic amines is 1. The average molecular weight is 670 g/mol. The predicted molar refractivity (Wildman–Crippen MR) is 178 cm³/mol. The molecule has 1 amide bonds. The topological polar surface area (TPSA) is 104 Å². The van der Waals surface area contributed by atoms with Crippen LogP contribution >= 0.6 is 23.2 Å². The Morgan fingerprint density at radius 3 is 2.35 bits per heavy atom. The van der Waals surface area contributed by atoms with E-state index in [4.69, 9.17) is 33.0 Å². The van der Waals surface area contributed by atoms with Crippen LogP contribution in [0.1, 0.15) is 56.6 Å². The van der Waals surface area contributed by atoms with E-state index in [9.17, 15) is 14.4 Å². The van der Waals surface area contributed by atoms with Crippen LogP contribution in [-0.4, -0.2) is 87.3 Å². The Morgan fingerprint density at radius 2 is 1.67 bits per heavy atom. The van der Waals surface area contributed by atoms with Crippen molar-refractivity contribution in [2.24, 2.45) is 11.8 Å². The zero-order valence-electron chi connectivity index (χ0n) is 26.2. The van der Waals surface area contributed by atoms with Gasteiger partial charge in [-0.25, -0.2) is 14.3 Å². The molecule has 12 heteroatoms. The lowest BCUT2D eigenvalue weighted by Gasteiger charge is -2.55. The van der Waals surface area contributed by atoms with Crippen LogP contribution < -0.4 is 5.69 Å². The third kappa shape index (κ3) is 6.90. The number of likely N-dealkylation sites (tertiary alicyclic amines) is 3. The number of aromatic nitrogens is 3. The lowest BCUT2D eigenvalue weighted by Crippen LogP contribution is -2.67. The van der Waals surface area contributed by atoms with Crippen LogP contribution in [0.25, 0.3) is 11.4 Å². The Balaban J connectivity index is 1.26. The molecule has 1 N–H and O–H groups in total. The summed E-state index contributed by atoms with van der Waals surface area (Å²) in [6, 6.07) is 14.3. The number of nitrogens with one attached hydrogen (secondary N) is 1. The first kappa shape index (κ1) is 32.7. The molecule has 3 saturated heterocycles. The number of carbonyl (C=O) groups excluding carboxylic acids is 2. The summed E-state index contributed by atoms with van der Waals surface area (Å²) in [5.41, 5.74) is 0.272. The van der Waals surface area contributed by atoms with E-state index in [1.807, 2.05) is 30.3 Å². The highest BCUT2D eigenvalue weighted by atomic mass is 35.5. The molecule has 0 spiro atoms. The number of rotatable bonds is 8. The van der Waals surface area contributed by atoms with Crippen molar-refractivity contribution in [2.75, 3.05) is 39.8 Å². The van der Waals surface area contributed by atoms with Crippen LogP contribution in [0.2, 0.25) is 10.0 Å². The first-order valence-electron chi connectivity index (χ1n) is 16.3. The molecule has 2 aromatic carbocycles. The molecule has 3 aliphatic heterocycles. The minimum atomic E-state index is -0.956. The number of H-pyrrole nitrogens is 1. The lowest BCUT2D eigenvalue weighted by atomic mass is 9.77. The van der Waals surface area contributed by atoms with Crippen LogP contribution in [0.3, 0.4) is 0 Å². The van der Waals surface area contributed by atoms with Crippen molar-refractivity contribution in [3.8, 4) is 11.4 Å². The van der Waals surface area contributed by atoms with E-state index < -0.39 is 11.8 Å². The monoisotopic (exact) mass is 668 g/mol. The summed E-state index contributed by atoms with van der Waals surface area (Å²) >= 11 is 12.3. The third-order valence-electron chi connectivity index (χ3n) is 10.3. The molecule has 0 aliphatic carbocycles. The molecule has 46 heavy (non-hydrogen) atoms. The molecule has 1 aromatic heterocycles. The molecule has 0 saturated carbocycles. The van der Waals surface area contributed by atoms with Gasteiger partial charge in [-0.3, -0.25) is 14.8 Å². The molecular formula is C34H42Cl2N6O4. The molecule has 0 bridgehead atoms. The minimum Gasteiger partial charge on any atom is -0.444 e. The van der Waals surface area contributed by atoms with Gasteiger partial charge in [0.25, 0.3) is 0 Å². The molecule has 3 fully saturated rings. The van der Waals surface area contributed by atoms with E-state index in [-0.39, 0.29) is 24.8 Å². The van der Waals surface area contributed by atoms with E-state index in [0.717, 1.165) is 50.9 Å². The molecule has 0 unspecified atom stereocenters.